The van der Waals surface area contributed by atoms with Crippen molar-refractivity contribution in [2.24, 2.45) is 5.41 Å². The summed E-state index contributed by atoms with van der Waals surface area (Å²) < 4.78 is 11.0. The second-order valence-corrected chi connectivity index (χ2v) is 11.6. The predicted molar refractivity (Wildman–Crippen MR) is 131 cm³/mol. The van der Waals surface area contributed by atoms with Gasteiger partial charge in [0.15, 0.2) is 16.4 Å². The second kappa shape index (κ2) is 8.75. The molecule has 0 N–H and O–H groups in total. The van der Waals surface area contributed by atoms with Gasteiger partial charge in [-0.3, -0.25) is 9.59 Å². The van der Waals surface area contributed by atoms with Crippen LogP contribution in [0.1, 0.15) is 30.5 Å². The zero-order valence-corrected chi connectivity index (χ0v) is 20.7. The molecule has 3 aliphatic rings. The van der Waals surface area contributed by atoms with Crippen LogP contribution in [0.2, 0.25) is 0 Å². The fourth-order valence-corrected chi connectivity index (χ4v) is 7.93. The molecule has 2 aromatic rings. The van der Waals surface area contributed by atoms with Crippen LogP contribution in [0.4, 0.5) is 0 Å². The number of nitrogens with zero attached hydrogens (tertiary/aromatic N) is 3. The highest BCUT2D eigenvalue weighted by atomic mass is 33.1. The van der Waals surface area contributed by atoms with Crippen molar-refractivity contribution in [1.82, 2.24) is 9.80 Å². The first-order chi connectivity index (χ1) is 16.4. The molecule has 0 radical (unpaired) electrons. The highest BCUT2D eigenvalue weighted by molar-refractivity contribution is 8.77. The van der Waals surface area contributed by atoms with E-state index in [4.69, 9.17) is 9.47 Å². The van der Waals surface area contributed by atoms with Crippen molar-refractivity contribution in [2.75, 3.05) is 26.1 Å². The SMILES string of the molecule is CN1C(=O)CSSC1(Cc1ccccc1)C(=O)N1CC[C@](C)(C#N)[C@@H]1c1ccc2c(c1)OCO2. The van der Waals surface area contributed by atoms with E-state index in [9.17, 15) is 14.9 Å². The number of likely N-dealkylation sites (N-methyl/N-ethyl adjacent to an activating group) is 1. The van der Waals surface area contributed by atoms with E-state index in [1.807, 2.05) is 55.5 Å². The molecule has 2 saturated heterocycles. The van der Waals surface area contributed by atoms with E-state index in [-0.39, 0.29) is 18.6 Å². The van der Waals surface area contributed by atoms with Crippen molar-refractivity contribution >= 4 is 33.4 Å². The molecule has 2 amide bonds. The molecule has 2 aromatic carbocycles. The highest BCUT2D eigenvalue weighted by Crippen LogP contribution is 2.52. The minimum Gasteiger partial charge on any atom is -0.454 e. The quantitative estimate of drug-likeness (QED) is 0.593. The molecule has 0 spiro atoms. The topological polar surface area (TPSA) is 82.9 Å². The zero-order valence-electron chi connectivity index (χ0n) is 19.0. The number of hydrogen-bond donors (Lipinski definition) is 0. The molecule has 1 unspecified atom stereocenters. The van der Waals surface area contributed by atoms with E-state index in [0.717, 1.165) is 11.1 Å². The summed E-state index contributed by atoms with van der Waals surface area (Å²) in [6.45, 7) is 2.49. The normalized spacial score (nSPS) is 28.1. The molecule has 34 heavy (non-hydrogen) atoms. The molecule has 3 atom stereocenters. The fourth-order valence-electron chi connectivity index (χ4n) is 4.96. The van der Waals surface area contributed by atoms with Gasteiger partial charge in [0.05, 0.1) is 23.3 Å². The Bertz CT molecular complexity index is 1170. The summed E-state index contributed by atoms with van der Waals surface area (Å²) in [7, 11) is 4.57. The van der Waals surface area contributed by atoms with E-state index >= 15 is 0 Å². The number of amides is 2. The zero-order chi connectivity index (χ0) is 23.9. The average molecular weight is 496 g/mol. The number of nitriles is 1. The fraction of sp³-hybridized carbons (Fsp3) is 0.400. The van der Waals surface area contributed by atoms with Gasteiger partial charge in [0.25, 0.3) is 5.91 Å². The molecule has 3 aliphatic heterocycles. The van der Waals surface area contributed by atoms with Crippen LogP contribution >= 0.6 is 21.6 Å². The number of rotatable bonds is 4. The number of fused-ring (bicyclic) bond motifs is 1. The predicted octanol–water partition coefficient (Wildman–Crippen LogP) is 4.01. The van der Waals surface area contributed by atoms with Gasteiger partial charge in [-0.15, -0.1) is 0 Å². The van der Waals surface area contributed by atoms with Gasteiger partial charge >= 0.3 is 0 Å². The minimum absolute atomic E-state index is 0.0742. The van der Waals surface area contributed by atoms with Crippen LogP contribution in [-0.2, 0) is 16.0 Å². The number of likely N-dealkylation sites (tertiary alicyclic amines) is 1. The van der Waals surface area contributed by atoms with Crippen LogP contribution in [0, 0.1) is 16.7 Å². The van der Waals surface area contributed by atoms with Crippen molar-refractivity contribution < 1.29 is 19.1 Å². The number of carbonyl (C=O) groups excluding carboxylic acids is 2. The Labute approximate surface area is 206 Å². The third-order valence-electron chi connectivity index (χ3n) is 6.93. The molecule has 5 rings (SSSR count). The Morgan fingerprint density at radius 2 is 1.97 bits per heavy atom. The monoisotopic (exact) mass is 495 g/mol. The van der Waals surface area contributed by atoms with Gasteiger partial charge in [-0.2, -0.15) is 5.26 Å². The minimum atomic E-state index is -1.10. The van der Waals surface area contributed by atoms with E-state index < -0.39 is 16.3 Å². The van der Waals surface area contributed by atoms with E-state index in [2.05, 4.69) is 6.07 Å². The summed E-state index contributed by atoms with van der Waals surface area (Å²) in [4.78, 5) is 29.6. The number of carbonyl (C=O) groups is 2. The average Bonchev–Trinajstić information content (AvgIpc) is 3.46. The first kappa shape index (κ1) is 22.9. The summed E-state index contributed by atoms with van der Waals surface area (Å²) in [6.07, 6.45) is 0.936. The Morgan fingerprint density at radius 3 is 2.74 bits per heavy atom. The lowest BCUT2D eigenvalue weighted by Gasteiger charge is -2.46. The highest BCUT2D eigenvalue weighted by Gasteiger charge is 2.56. The standard InChI is InChI=1S/C25H25N3O4S2/c1-24(15-26)10-11-28(22(24)18-8-9-19-20(12-18)32-16-31-19)23(30)25(13-17-6-4-3-5-7-17)27(2)21(29)14-33-34-25/h3-9,12,22H,10-11,13-14,16H2,1-2H3/t22-,24+,25?/m0/s1. The lowest BCUT2D eigenvalue weighted by Crippen LogP contribution is -2.61. The third-order valence-corrected chi connectivity index (χ3v) is 9.82. The molecule has 3 heterocycles. The molecular weight excluding hydrogens is 470 g/mol. The summed E-state index contributed by atoms with van der Waals surface area (Å²) >= 11 is 0. The molecule has 0 saturated carbocycles. The van der Waals surface area contributed by atoms with Crippen molar-refractivity contribution in [1.29, 1.82) is 5.26 Å². The van der Waals surface area contributed by atoms with Gasteiger partial charge in [0.2, 0.25) is 12.7 Å². The Kier molecular flexibility index (Phi) is 5.90. The van der Waals surface area contributed by atoms with Crippen LogP contribution in [0.15, 0.2) is 48.5 Å². The largest absolute Gasteiger partial charge is 0.454 e. The van der Waals surface area contributed by atoms with Crippen LogP contribution in [0.25, 0.3) is 0 Å². The Morgan fingerprint density at radius 1 is 1.21 bits per heavy atom. The van der Waals surface area contributed by atoms with Crippen LogP contribution in [-0.4, -0.2) is 52.6 Å². The third kappa shape index (κ3) is 3.69. The molecule has 0 aliphatic carbocycles. The molecule has 176 valence electrons. The van der Waals surface area contributed by atoms with Crippen molar-refractivity contribution in [3.8, 4) is 17.6 Å². The molecule has 2 fully saturated rings. The van der Waals surface area contributed by atoms with Gasteiger partial charge in [0, 0.05) is 20.0 Å². The van der Waals surface area contributed by atoms with Gasteiger partial charge in [-0.1, -0.05) is 58.0 Å². The summed E-state index contributed by atoms with van der Waals surface area (Å²) in [5, 5.41) is 10.1. The smallest absolute Gasteiger partial charge is 0.260 e. The van der Waals surface area contributed by atoms with Gasteiger partial charge in [-0.25, -0.2) is 0 Å². The van der Waals surface area contributed by atoms with Crippen LogP contribution < -0.4 is 9.47 Å². The van der Waals surface area contributed by atoms with Crippen molar-refractivity contribution in [2.45, 2.75) is 30.7 Å². The molecule has 0 aromatic heterocycles. The maximum absolute atomic E-state index is 14.4. The number of hydrogen-bond acceptors (Lipinski definition) is 7. The first-order valence-corrected chi connectivity index (χ1v) is 13.4. The van der Waals surface area contributed by atoms with Gasteiger partial charge < -0.3 is 19.3 Å². The molecule has 0 bridgehead atoms. The van der Waals surface area contributed by atoms with Crippen molar-refractivity contribution in [3.05, 3.63) is 59.7 Å². The molecular formula is C25H25N3O4S2. The van der Waals surface area contributed by atoms with Crippen LogP contribution in [0.3, 0.4) is 0 Å². The molecule has 7 nitrogen and oxygen atoms in total. The van der Waals surface area contributed by atoms with Gasteiger partial charge in [0.1, 0.15) is 0 Å². The number of ether oxygens (including phenoxy) is 2. The van der Waals surface area contributed by atoms with Crippen molar-refractivity contribution in [3.63, 3.8) is 0 Å². The van der Waals surface area contributed by atoms with Crippen LogP contribution in [0.5, 0.6) is 11.5 Å². The van der Waals surface area contributed by atoms with E-state index in [1.165, 1.54) is 21.6 Å². The summed E-state index contributed by atoms with van der Waals surface area (Å²) in [5.41, 5.74) is 1.04. The maximum atomic E-state index is 14.4. The maximum Gasteiger partial charge on any atom is 0.260 e. The lowest BCUT2D eigenvalue weighted by atomic mass is 9.80. The first-order valence-electron chi connectivity index (χ1n) is 11.1. The van der Waals surface area contributed by atoms with E-state index in [0.29, 0.717) is 36.6 Å². The molecule has 9 heteroatoms. The van der Waals surface area contributed by atoms with E-state index in [1.54, 1.807) is 16.8 Å². The number of benzene rings is 2. The Balaban J connectivity index is 1.57. The second-order valence-electron chi connectivity index (χ2n) is 9.04. The summed E-state index contributed by atoms with van der Waals surface area (Å²) in [6, 6.07) is 17.4. The lowest BCUT2D eigenvalue weighted by molar-refractivity contribution is -0.146. The Hall–Kier alpha value is -2.83. The van der Waals surface area contributed by atoms with Gasteiger partial charge in [-0.05, 0) is 36.6 Å². The summed E-state index contributed by atoms with van der Waals surface area (Å²) in [5.74, 6) is 1.38.